The first-order valence-electron chi connectivity index (χ1n) is 5.79. The van der Waals surface area contributed by atoms with Crippen molar-refractivity contribution in [3.8, 4) is 5.69 Å². The monoisotopic (exact) mass is 225 g/mol. The van der Waals surface area contributed by atoms with E-state index in [4.69, 9.17) is 0 Å². The summed E-state index contributed by atoms with van der Waals surface area (Å²) in [6, 6.07) is 7.94. The molecule has 2 aliphatic heterocycles. The molecule has 1 unspecified atom stereocenters. The predicted octanol–water partition coefficient (Wildman–Crippen LogP) is 1.77. The molecule has 1 fully saturated rings. The zero-order valence-electron chi connectivity index (χ0n) is 9.21. The summed E-state index contributed by atoms with van der Waals surface area (Å²) < 4.78 is 2.04. The van der Waals surface area contributed by atoms with Crippen LogP contribution in [0, 0.1) is 0 Å². The fraction of sp³-hybridized carbons (Fsp3) is 0.231. The molecule has 3 heterocycles. The van der Waals surface area contributed by atoms with Gasteiger partial charge < -0.3 is 9.47 Å². The molecule has 0 radical (unpaired) electrons. The third-order valence-corrected chi connectivity index (χ3v) is 3.68. The fourth-order valence-corrected chi connectivity index (χ4v) is 2.71. The predicted molar refractivity (Wildman–Crippen MR) is 62.0 cm³/mol. The topological polar surface area (TPSA) is 38.1 Å². The van der Waals surface area contributed by atoms with Gasteiger partial charge in [-0.3, -0.25) is 4.79 Å². The van der Waals surface area contributed by atoms with Crippen LogP contribution in [0.4, 0.5) is 0 Å². The number of fused-ring (bicyclic) bond motifs is 5. The lowest BCUT2D eigenvalue weighted by Gasteiger charge is -2.39. The molecule has 1 amide bonds. The van der Waals surface area contributed by atoms with Gasteiger partial charge in [0.2, 0.25) is 0 Å². The summed E-state index contributed by atoms with van der Waals surface area (Å²) in [5, 5.41) is 0. The van der Waals surface area contributed by atoms with Crippen LogP contribution in [0.25, 0.3) is 5.69 Å². The zero-order chi connectivity index (χ0) is 11.4. The Morgan fingerprint density at radius 3 is 3.00 bits per heavy atom. The van der Waals surface area contributed by atoms with E-state index >= 15 is 0 Å². The number of carbonyl (C=O) groups excluding carboxylic acids is 1. The summed E-state index contributed by atoms with van der Waals surface area (Å²) in [4.78, 5) is 18.5. The highest BCUT2D eigenvalue weighted by atomic mass is 16.2. The minimum atomic E-state index is 0.139. The van der Waals surface area contributed by atoms with Gasteiger partial charge in [0.15, 0.2) is 0 Å². The summed E-state index contributed by atoms with van der Waals surface area (Å²) >= 11 is 0. The van der Waals surface area contributed by atoms with Gasteiger partial charge in [0.25, 0.3) is 5.91 Å². The Morgan fingerprint density at radius 1 is 1.29 bits per heavy atom. The lowest BCUT2D eigenvalue weighted by atomic mass is 10.00. The summed E-state index contributed by atoms with van der Waals surface area (Å²) in [5.74, 6) is 0.139. The number of carbonyl (C=O) groups is 1. The van der Waals surface area contributed by atoms with Gasteiger partial charge in [0.1, 0.15) is 0 Å². The normalized spacial score (nSPS) is 21.1. The third kappa shape index (κ3) is 1.02. The van der Waals surface area contributed by atoms with E-state index < -0.39 is 0 Å². The number of aromatic nitrogens is 2. The highest BCUT2D eigenvalue weighted by Crippen LogP contribution is 2.38. The molecular formula is C13H11N3O. The summed E-state index contributed by atoms with van der Waals surface area (Å²) in [6.07, 6.45) is 4.70. The van der Waals surface area contributed by atoms with Crippen LogP contribution in [0.5, 0.6) is 0 Å². The Kier molecular flexibility index (Phi) is 1.57. The van der Waals surface area contributed by atoms with Gasteiger partial charge in [-0.15, -0.1) is 0 Å². The van der Waals surface area contributed by atoms with Crippen molar-refractivity contribution in [1.82, 2.24) is 14.5 Å². The molecular weight excluding hydrogens is 214 g/mol. The molecule has 1 aromatic heterocycles. The number of imidazole rings is 1. The Balaban J connectivity index is 2.05. The van der Waals surface area contributed by atoms with Crippen molar-refractivity contribution >= 4 is 5.91 Å². The van der Waals surface area contributed by atoms with Crippen LogP contribution in [0.15, 0.2) is 36.8 Å². The van der Waals surface area contributed by atoms with Gasteiger partial charge in [-0.1, -0.05) is 12.1 Å². The van der Waals surface area contributed by atoms with Crippen LogP contribution in [0.3, 0.4) is 0 Å². The van der Waals surface area contributed by atoms with Crippen LogP contribution in [-0.2, 0) is 0 Å². The highest BCUT2D eigenvalue weighted by molar-refractivity contribution is 5.99. The highest BCUT2D eigenvalue weighted by Gasteiger charge is 2.39. The van der Waals surface area contributed by atoms with Crippen molar-refractivity contribution in [1.29, 1.82) is 0 Å². The number of hydrogen-bond donors (Lipinski definition) is 0. The van der Waals surface area contributed by atoms with Crippen molar-refractivity contribution in [2.45, 2.75) is 12.5 Å². The smallest absolute Gasteiger partial charge is 0.256 e. The van der Waals surface area contributed by atoms with Crippen molar-refractivity contribution in [3.63, 3.8) is 0 Å². The van der Waals surface area contributed by atoms with Gasteiger partial charge in [-0.05, 0) is 18.6 Å². The first kappa shape index (κ1) is 8.98. The van der Waals surface area contributed by atoms with Gasteiger partial charge in [-0.25, -0.2) is 4.98 Å². The lowest BCUT2D eigenvalue weighted by Crippen LogP contribution is -2.44. The maximum Gasteiger partial charge on any atom is 0.256 e. The second kappa shape index (κ2) is 2.97. The minimum Gasteiger partial charge on any atom is -0.330 e. The Labute approximate surface area is 98.5 Å². The Morgan fingerprint density at radius 2 is 2.18 bits per heavy atom. The number of nitrogens with zero attached hydrogens (tertiary/aromatic N) is 3. The first-order chi connectivity index (χ1) is 8.36. The molecule has 0 saturated carbocycles. The molecule has 2 aliphatic rings. The lowest BCUT2D eigenvalue weighted by molar-refractivity contribution is 0.0460. The number of benzene rings is 1. The van der Waals surface area contributed by atoms with E-state index in [2.05, 4.69) is 4.98 Å². The van der Waals surface area contributed by atoms with E-state index in [1.165, 1.54) is 0 Å². The molecule has 17 heavy (non-hydrogen) atoms. The van der Waals surface area contributed by atoms with E-state index in [1.807, 2.05) is 39.9 Å². The van der Waals surface area contributed by atoms with E-state index in [1.54, 1.807) is 6.33 Å². The SMILES string of the molecule is O=C1c2ccccc2-n2cncc2C2CCN12. The van der Waals surface area contributed by atoms with Gasteiger partial charge in [0.05, 0.1) is 35.5 Å². The van der Waals surface area contributed by atoms with Crippen LogP contribution in [-0.4, -0.2) is 26.9 Å². The molecule has 4 rings (SSSR count). The largest absolute Gasteiger partial charge is 0.330 e. The zero-order valence-corrected chi connectivity index (χ0v) is 9.21. The average Bonchev–Trinajstić information content (AvgIpc) is 2.74. The summed E-state index contributed by atoms with van der Waals surface area (Å²) in [6.45, 7) is 0.850. The van der Waals surface area contributed by atoms with Crippen LogP contribution >= 0.6 is 0 Å². The standard InChI is InChI=1S/C13H11N3O/c17-13-9-3-1-2-4-10(9)16-8-14-7-12(16)11-5-6-15(11)13/h1-4,7-8,11H,5-6H2. The van der Waals surface area contributed by atoms with Crippen molar-refractivity contribution < 1.29 is 4.79 Å². The maximum absolute atomic E-state index is 12.4. The maximum atomic E-state index is 12.4. The molecule has 4 nitrogen and oxygen atoms in total. The van der Waals surface area contributed by atoms with Crippen LogP contribution < -0.4 is 0 Å². The summed E-state index contributed by atoms with van der Waals surface area (Å²) in [5.41, 5.74) is 2.84. The van der Waals surface area contributed by atoms with Crippen LogP contribution in [0.1, 0.15) is 28.5 Å². The Hall–Kier alpha value is -2.10. The van der Waals surface area contributed by atoms with Gasteiger partial charge in [-0.2, -0.15) is 0 Å². The molecule has 0 aliphatic carbocycles. The van der Waals surface area contributed by atoms with Gasteiger partial charge in [0, 0.05) is 6.54 Å². The molecule has 0 bridgehead atoms. The van der Waals surface area contributed by atoms with Crippen LogP contribution in [0.2, 0.25) is 0 Å². The molecule has 84 valence electrons. The molecule has 2 aromatic rings. The van der Waals surface area contributed by atoms with Crippen molar-refractivity contribution in [2.75, 3.05) is 6.54 Å². The van der Waals surface area contributed by atoms with E-state index in [9.17, 15) is 4.79 Å². The number of para-hydroxylation sites is 1. The quantitative estimate of drug-likeness (QED) is 0.685. The molecule has 0 N–H and O–H groups in total. The molecule has 4 heteroatoms. The molecule has 1 saturated heterocycles. The fourth-order valence-electron chi connectivity index (χ4n) is 2.71. The molecule has 0 spiro atoms. The van der Waals surface area contributed by atoms with Crippen molar-refractivity contribution in [3.05, 3.63) is 48.0 Å². The third-order valence-electron chi connectivity index (χ3n) is 3.68. The average molecular weight is 225 g/mol. The number of hydrogen-bond acceptors (Lipinski definition) is 2. The minimum absolute atomic E-state index is 0.139. The van der Waals surface area contributed by atoms with E-state index in [-0.39, 0.29) is 11.9 Å². The number of rotatable bonds is 0. The number of amides is 1. The molecule has 1 aromatic carbocycles. The molecule has 1 atom stereocenters. The van der Waals surface area contributed by atoms with Gasteiger partial charge >= 0.3 is 0 Å². The first-order valence-corrected chi connectivity index (χ1v) is 5.79. The second-order valence-electron chi connectivity index (χ2n) is 4.51. The van der Waals surface area contributed by atoms with Crippen molar-refractivity contribution in [2.24, 2.45) is 0 Å². The Bertz CT molecular complexity index is 617. The van der Waals surface area contributed by atoms with E-state index in [0.29, 0.717) is 0 Å². The van der Waals surface area contributed by atoms with E-state index in [0.717, 1.165) is 29.9 Å². The summed E-state index contributed by atoms with van der Waals surface area (Å²) in [7, 11) is 0. The second-order valence-corrected chi connectivity index (χ2v) is 4.51.